The van der Waals surface area contributed by atoms with Gasteiger partial charge in [0.2, 0.25) is 0 Å². The molecule has 0 bridgehead atoms. The topological polar surface area (TPSA) is 53.5 Å². The zero-order chi connectivity index (χ0) is 38.9. The van der Waals surface area contributed by atoms with E-state index in [1.54, 1.807) is 0 Å². The lowest BCUT2D eigenvalue weighted by Crippen LogP contribution is -2.02. The van der Waals surface area contributed by atoms with Crippen LogP contribution >= 0.6 is 0 Å². The monoisotopic (exact) mass is 754 g/mol. The van der Waals surface area contributed by atoms with Gasteiger partial charge in [0.05, 0.1) is 27.6 Å². The van der Waals surface area contributed by atoms with Crippen LogP contribution < -0.4 is 0 Å². The lowest BCUT2D eigenvalue weighted by Gasteiger charge is -2.14. The van der Waals surface area contributed by atoms with Crippen LogP contribution in [0, 0.1) is 0 Å². The van der Waals surface area contributed by atoms with Gasteiger partial charge < -0.3 is 13.7 Å². The molecule has 4 aromatic heterocycles. The van der Waals surface area contributed by atoms with Crippen LogP contribution in [0.1, 0.15) is 0 Å². The van der Waals surface area contributed by atoms with Crippen LogP contribution in [-0.4, -0.2) is 28.7 Å². The number of fused-ring (bicyclic) bond motifs is 9. The van der Waals surface area contributed by atoms with Gasteiger partial charge in [-0.2, -0.15) is 0 Å². The summed E-state index contributed by atoms with van der Waals surface area (Å²) in [6.07, 6.45) is 2.19. The van der Waals surface area contributed by atoms with E-state index in [-0.39, 0.29) is 0 Å². The summed E-state index contributed by atoms with van der Waals surface area (Å²) in [4.78, 5) is 15.2. The SMILES string of the molecule is c1ccc(-c2nc(-c3ccccc3)nc(-c3cccc(-n4c5c(ccc6c5ccn6-c5ccccc5)c5ccc6c7ccccc7n(-c7ccccc7)c6c54)c3)n2)cc1. The molecule has 12 rings (SSSR count). The van der Waals surface area contributed by atoms with E-state index in [4.69, 9.17) is 15.0 Å². The third kappa shape index (κ3) is 5.24. The number of hydrogen-bond donors (Lipinski definition) is 0. The molecule has 0 N–H and O–H groups in total. The Morgan fingerprint density at radius 3 is 1.46 bits per heavy atom. The molecule has 0 aliphatic rings. The largest absolute Gasteiger partial charge is 0.316 e. The van der Waals surface area contributed by atoms with Gasteiger partial charge in [0.15, 0.2) is 17.5 Å². The van der Waals surface area contributed by atoms with E-state index >= 15 is 0 Å². The van der Waals surface area contributed by atoms with Crippen molar-refractivity contribution in [3.8, 4) is 51.2 Å². The van der Waals surface area contributed by atoms with Crippen LogP contribution in [-0.2, 0) is 0 Å². The van der Waals surface area contributed by atoms with Crippen molar-refractivity contribution in [2.75, 3.05) is 0 Å². The van der Waals surface area contributed by atoms with Gasteiger partial charge in [-0.05, 0) is 54.6 Å². The minimum absolute atomic E-state index is 0.615. The number of benzene rings is 8. The average Bonchev–Trinajstić information content (AvgIpc) is 4.01. The van der Waals surface area contributed by atoms with Gasteiger partial charge in [-0.1, -0.05) is 146 Å². The van der Waals surface area contributed by atoms with E-state index in [2.05, 4.69) is 159 Å². The van der Waals surface area contributed by atoms with Crippen LogP contribution in [0.5, 0.6) is 0 Å². The molecule has 0 saturated heterocycles. The summed E-state index contributed by atoms with van der Waals surface area (Å²) in [5.41, 5.74) is 11.8. The van der Waals surface area contributed by atoms with E-state index in [1.165, 1.54) is 32.4 Å². The first-order chi connectivity index (χ1) is 29.3. The van der Waals surface area contributed by atoms with Gasteiger partial charge in [0.1, 0.15) is 0 Å². The Hall–Kier alpha value is -8.09. The first-order valence-corrected chi connectivity index (χ1v) is 19.9. The smallest absolute Gasteiger partial charge is 0.164 e. The van der Waals surface area contributed by atoms with Crippen LogP contribution in [0.3, 0.4) is 0 Å². The first kappa shape index (κ1) is 33.1. The van der Waals surface area contributed by atoms with Crippen LogP contribution in [0.15, 0.2) is 206 Å². The molecule has 0 aliphatic carbocycles. The molecule has 276 valence electrons. The highest BCUT2D eigenvalue weighted by Gasteiger charge is 2.24. The minimum atomic E-state index is 0.615. The predicted octanol–water partition coefficient (Wildman–Crippen LogP) is 13.0. The summed E-state index contributed by atoms with van der Waals surface area (Å²) in [5.74, 6) is 1.88. The third-order valence-corrected chi connectivity index (χ3v) is 11.5. The van der Waals surface area contributed by atoms with Gasteiger partial charge >= 0.3 is 0 Å². The number of para-hydroxylation sites is 3. The molecule has 4 heterocycles. The standard InChI is InChI=1S/C53H34N6/c1-5-16-35(17-6-1)51-54-52(36-18-7-2-8-19-36)56-53(55-51)37-20-15-25-40(34-37)59-48-43(30-31-46-45(48)32-33-57(46)38-21-9-3-10-22-38)44-29-28-42-41-26-13-14-27-47(41)58(49(42)50(44)59)39-23-11-4-12-24-39/h1-34H. The molecule has 0 radical (unpaired) electrons. The molecule has 8 aromatic carbocycles. The second-order valence-electron chi connectivity index (χ2n) is 14.9. The lowest BCUT2D eigenvalue weighted by atomic mass is 10.1. The van der Waals surface area contributed by atoms with Crippen molar-refractivity contribution in [1.29, 1.82) is 0 Å². The van der Waals surface area contributed by atoms with E-state index < -0.39 is 0 Å². The maximum Gasteiger partial charge on any atom is 0.164 e. The molecule has 12 aromatic rings. The van der Waals surface area contributed by atoms with Crippen molar-refractivity contribution in [3.63, 3.8) is 0 Å². The van der Waals surface area contributed by atoms with Crippen LogP contribution in [0.2, 0.25) is 0 Å². The fourth-order valence-electron chi connectivity index (χ4n) is 8.89. The van der Waals surface area contributed by atoms with Gasteiger partial charge in [-0.3, -0.25) is 0 Å². The van der Waals surface area contributed by atoms with E-state index in [0.29, 0.717) is 17.5 Å². The Kier molecular flexibility index (Phi) is 7.43. The Labute approximate surface area is 339 Å². The van der Waals surface area contributed by atoms with Gasteiger partial charge in [0, 0.05) is 66.9 Å². The van der Waals surface area contributed by atoms with Crippen LogP contribution in [0.4, 0.5) is 0 Å². The third-order valence-electron chi connectivity index (χ3n) is 11.5. The molecule has 0 atom stereocenters. The van der Waals surface area contributed by atoms with E-state index in [9.17, 15) is 0 Å². The Morgan fingerprint density at radius 1 is 0.288 bits per heavy atom. The van der Waals surface area contributed by atoms with Crippen LogP contribution in [0.25, 0.3) is 106 Å². The zero-order valence-electron chi connectivity index (χ0n) is 31.8. The number of hydrogen-bond acceptors (Lipinski definition) is 3. The number of aromatic nitrogens is 6. The fraction of sp³-hybridized carbons (Fsp3) is 0. The maximum absolute atomic E-state index is 5.13. The zero-order valence-corrected chi connectivity index (χ0v) is 31.8. The molecule has 6 nitrogen and oxygen atoms in total. The molecule has 59 heavy (non-hydrogen) atoms. The maximum atomic E-state index is 5.13. The van der Waals surface area contributed by atoms with Crippen molar-refractivity contribution in [2.45, 2.75) is 0 Å². The van der Waals surface area contributed by atoms with Crippen molar-refractivity contribution < 1.29 is 0 Å². The summed E-state index contributed by atoms with van der Waals surface area (Å²) in [6.45, 7) is 0. The fourth-order valence-corrected chi connectivity index (χ4v) is 8.89. The highest BCUT2D eigenvalue weighted by atomic mass is 15.1. The van der Waals surface area contributed by atoms with Crippen molar-refractivity contribution in [2.24, 2.45) is 0 Å². The van der Waals surface area contributed by atoms with Crippen molar-refractivity contribution in [3.05, 3.63) is 206 Å². The molecule has 0 amide bonds. The average molecular weight is 755 g/mol. The molecular weight excluding hydrogens is 721 g/mol. The Balaban J connectivity index is 1.19. The summed E-state index contributed by atoms with van der Waals surface area (Å²) in [7, 11) is 0. The van der Waals surface area contributed by atoms with Gasteiger partial charge in [-0.25, -0.2) is 15.0 Å². The van der Waals surface area contributed by atoms with Crippen molar-refractivity contribution >= 4 is 54.5 Å². The summed E-state index contributed by atoms with van der Waals surface area (Å²) >= 11 is 0. The number of nitrogens with zero attached hydrogens (tertiary/aromatic N) is 6. The second kappa shape index (κ2) is 13.3. The van der Waals surface area contributed by atoms with Gasteiger partial charge in [-0.15, -0.1) is 0 Å². The molecule has 0 saturated carbocycles. The van der Waals surface area contributed by atoms with Crippen molar-refractivity contribution in [1.82, 2.24) is 28.7 Å². The summed E-state index contributed by atoms with van der Waals surface area (Å²) < 4.78 is 7.19. The summed E-state index contributed by atoms with van der Waals surface area (Å²) in [6, 6.07) is 70.4. The van der Waals surface area contributed by atoms with Gasteiger partial charge in [0.25, 0.3) is 0 Å². The first-order valence-electron chi connectivity index (χ1n) is 19.9. The van der Waals surface area contributed by atoms with E-state index in [1.807, 2.05) is 60.7 Å². The molecule has 0 fully saturated rings. The normalized spacial score (nSPS) is 11.7. The Bertz CT molecular complexity index is 3470. The highest BCUT2D eigenvalue weighted by Crippen LogP contribution is 2.44. The molecule has 0 unspecified atom stereocenters. The molecular formula is C53H34N6. The van der Waals surface area contributed by atoms with E-state index in [0.717, 1.165) is 55.8 Å². The predicted molar refractivity (Wildman–Crippen MR) is 242 cm³/mol. The minimum Gasteiger partial charge on any atom is -0.316 e. The summed E-state index contributed by atoms with van der Waals surface area (Å²) in [5, 5.41) is 5.96. The quantitative estimate of drug-likeness (QED) is 0.170. The highest BCUT2D eigenvalue weighted by molar-refractivity contribution is 6.26. The second-order valence-corrected chi connectivity index (χ2v) is 14.9. The lowest BCUT2D eigenvalue weighted by molar-refractivity contribution is 1.07. The Morgan fingerprint density at radius 2 is 0.780 bits per heavy atom. The molecule has 0 spiro atoms. The molecule has 0 aliphatic heterocycles. The number of rotatable bonds is 6. The molecule has 6 heteroatoms.